The number of para-hydroxylation sites is 1. The maximum Gasteiger partial charge on any atom is 0.343 e. The molecule has 0 radical (unpaired) electrons. The number of aliphatic hydroxyl groups is 2. The molecule has 1 rings (SSSR count). The number of hydrogen-bond donors (Lipinski definition) is 6. The number of esters is 1. The number of rotatable bonds is 4. The summed E-state index contributed by atoms with van der Waals surface area (Å²) in [5, 5.41) is 32.4. The lowest BCUT2D eigenvalue weighted by atomic mass is 10.2. The number of carboxylic acids is 1. The van der Waals surface area contributed by atoms with Crippen molar-refractivity contribution in [2.24, 2.45) is 11.5 Å². The summed E-state index contributed by atoms with van der Waals surface area (Å²) >= 11 is 0. The average molecular weight is 285 g/mol. The van der Waals surface area contributed by atoms with E-state index in [0.29, 0.717) is 0 Å². The highest BCUT2D eigenvalue weighted by atomic mass is 16.6. The lowest BCUT2D eigenvalue weighted by molar-refractivity contribution is -0.164. The second kappa shape index (κ2) is 8.45. The fraction of sp³-hybridized carbons (Fsp3) is 0.182. The lowest BCUT2D eigenvalue weighted by Gasteiger charge is -2.12. The molecule has 0 spiro atoms. The molecule has 2 atom stereocenters. The zero-order valence-corrected chi connectivity index (χ0v) is 10.3. The van der Waals surface area contributed by atoms with Gasteiger partial charge in [0, 0.05) is 0 Å². The van der Waals surface area contributed by atoms with E-state index in [1.165, 1.54) is 12.1 Å². The third kappa shape index (κ3) is 6.93. The molecule has 0 saturated heterocycles. The Kier molecular flexibility index (Phi) is 7.33. The van der Waals surface area contributed by atoms with Gasteiger partial charge < -0.3 is 31.5 Å². The van der Waals surface area contributed by atoms with E-state index in [4.69, 9.17) is 20.7 Å². The number of carbonyl (C=O) groups is 2. The summed E-state index contributed by atoms with van der Waals surface area (Å²) in [5.74, 6) is -3.09. The maximum absolute atomic E-state index is 11.2. The monoisotopic (exact) mass is 285 g/mol. The van der Waals surface area contributed by atoms with Crippen LogP contribution >= 0.6 is 0 Å². The van der Waals surface area contributed by atoms with E-state index in [9.17, 15) is 9.59 Å². The molecule has 110 valence electrons. The number of nitrogens with two attached hydrogens (primary N) is 2. The van der Waals surface area contributed by atoms with Gasteiger partial charge in [-0.05, 0) is 12.1 Å². The molecule has 2 unspecified atom stereocenters. The number of ether oxygens (including phenoxy) is 1. The number of benzene rings is 1. The fourth-order valence-electron chi connectivity index (χ4n) is 0.929. The van der Waals surface area contributed by atoms with E-state index in [-0.39, 0.29) is 11.7 Å². The van der Waals surface area contributed by atoms with E-state index < -0.39 is 24.1 Å². The SMILES string of the molecule is N=C(N)N.O=C(O)C(O)C(O)C(=O)Oc1ccccc1. The van der Waals surface area contributed by atoms with Gasteiger partial charge in [0.2, 0.25) is 0 Å². The standard InChI is InChI=1S/C10H10O6.CH5N3/c11-7(9(13)14)8(12)10(15)16-6-4-2-1-3-5-6;2-1(3)4/h1-5,7-8,11-12H,(H,13,14);(H5,2,3,4). The molecule has 0 saturated carbocycles. The number of aliphatic hydroxyl groups excluding tert-OH is 2. The molecule has 0 aliphatic rings. The van der Waals surface area contributed by atoms with Gasteiger partial charge in [-0.25, -0.2) is 9.59 Å². The zero-order valence-electron chi connectivity index (χ0n) is 10.3. The summed E-state index contributed by atoms with van der Waals surface area (Å²) in [6.45, 7) is 0. The number of guanidine groups is 1. The Morgan fingerprint density at radius 2 is 1.55 bits per heavy atom. The smallest absolute Gasteiger partial charge is 0.343 e. The van der Waals surface area contributed by atoms with Crippen LogP contribution in [0.3, 0.4) is 0 Å². The minimum absolute atomic E-state index is 0.157. The van der Waals surface area contributed by atoms with Gasteiger partial charge in [0.25, 0.3) is 0 Å². The van der Waals surface area contributed by atoms with Crippen molar-refractivity contribution in [3.05, 3.63) is 30.3 Å². The largest absolute Gasteiger partial charge is 0.479 e. The van der Waals surface area contributed by atoms with Gasteiger partial charge in [0.05, 0.1) is 0 Å². The van der Waals surface area contributed by atoms with Gasteiger partial charge in [-0.2, -0.15) is 0 Å². The Morgan fingerprint density at radius 1 is 1.10 bits per heavy atom. The Balaban J connectivity index is 0.000000796. The molecular formula is C11H15N3O6. The zero-order chi connectivity index (χ0) is 15.7. The molecule has 9 nitrogen and oxygen atoms in total. The van der Waals surface area contributed by atoms with Crippen LogP contribution < -0.4 is 16.2 Å². The van der Waals surface area contributed by atoms with E-state index in [1.54, 1.807) is 18.2 Å². The van der Waals surface area contributed by atoms with Crippen molar-refractivity contribution in [3.63, 3.8) is 0 Å². The minimum Gasteiger partial charge on any atom is -0.479 e. The second-order valence-corrected chi connectivity index (χ2v) is 3.42. The van der Waals surface area contributed by atoms with E-state index in [0.717, 1.165) is 0 Å². The first-order valence-electron chi connectivity index (χ1n) is 5.21. The molecule has 0 heterocycles. The molecule has 8 N–H and O–H groups in total. The van der Waals surface area contributed by atoms with Gasteiger partial charge in [-0.1, -0.05) is 18.2 Å². The third-order valence-corrected chi connectivity index (χ3v) is 1.76. The Labute approximate surface area is 113 Å². The molecular weight excluding hydrogens is 270 g/mol. The number of aliphatic carboxylic acids is 1. The molecule has 0 aromatic heterocycles. The number of nitrogens with one attached hydrogen (secondary N) is 1. The van der Waals surface area contributed by atoms with Crippen LogP contribution in [0.25, 0.3) is 0 Å². The summed E-state index contributed by atoms with van der Waals surface area (Å²) in [5.41, 5.74) is 8.94. The van der Waals surface area contributed by atoms with Crippen molar-refractivity contribution in [3.8, 4) is 5.75 Å². The van der Waals surface area contributed by atoms with Crippen LogP contribution in [-0.2, 0) is 9.59 Å². The Bertz CT molecular complexity index is 460. The fourth-order valence-corrected chi connectivity index (χ4v) is 0.929. The van der Waals surface area contributed by atoms with Crippen LogP contribution in [0.5, 0.6) is 5.75 Å². The van der Waals surface area contributed by atoms with Crippen LogP contribution in [-0.4, -0.2) is 45.4 Å². The highest BCUT2D eigenvalue weighted by molar-refractivity contribution is 5.85. The van der Waals surface area contributed by atoms with Crippen molar-refractivity contribution >= 4 is 17.9 Å². The molecule has 0 aliphatic carbocycles. The third-order valence-electron chi connectivity index (χ3n) is 1.76. The van der Waals surface area contributed by atoms with Gasteiger partial charge in [0.1, 0.15) is 5.75 Å². The molecule has 0 amide bonds. The van der Waals surface area contributed by atoms with Gasteiger partial charge in [0.15, 0.2) is 18.2 Å². The summed E-state index contributed by atoms with van der Waals surface area (Å²) in [4.78, 5) is 21.4. The van der Waals surface area contributed by atoms with Crippen molar-refractivity contribution in [2.45, 2.75) is 12.2 Å². The summed E-state index contributed by atoms with van der Waals surface area (Å²) in [7, 11) is 0. The van der Waals surface area contributed by atoms with Gasteiger partial charge in [-0.3, -0.25) is 5.41 Å². The first kappa shape index (κ1) is 17.4. The van der Waals surface area contributed by atoms with Crippen molar-refractivity contribution in [1.29, 1.82) is 5.41 Å². The lowest BCUT2D eigenvalue weighted by Crippen LogP contribution is -2.41. The Hall–Kier alpha value is -2.65. The van der Waals surface area contributed by atoms with Crippen molar-refractivity contribution in [1.82, 2.24) is 0 Å². The summed E-state index contributed by atoms with van der Waals surface area (Å²) in [6.07, 6.45) is -4.31. The number of hydrogen-bond acceptors (Lipinski definition) is 6. The summed E-state index contributed by atoms with van der Waals surface area (Å²) < 4.78 is 4.64. The minimum atomic E-state index is -2.20. The predicted octanol–water partition coefficient (Wildman–Crippen LogP) is -1.76. The topological polar surface area (TPSA) is 180 Å². The van der Waals surface area contributed by atoms with Crippen molar-refractivity contribution in [2.75, 3.05) is 0 Å². The van der Waals surface area contributed by atoms with Gasteiger partial charge in [-0.15, -0.1) is 0 Å². The first-order chi connectivity index (χ1) is 9.25. The first-order valence-corrected chi connectivity index (χ1v) is 5.21. The molecule has 20 heavy (non-hydrogen) atoms. The molecule has 0 bridgehead atoms. The summed E-state index contributed by atoms with van der Waals surface area (Å²) in [6, 6.07) is 7.81. The maximum atomic E-state index is 11.2. The van der Waals surface area contributed by atoms with Crippen LogP contribution in [0, 0.1) is 5.41 Å². The van der Waals surface area contributed by atoms with Gasteiger partial charge >= 0.3 is 11.9 Å². The predicted molar refractivity (Wildman–Crippen MR) is 67.8 cm³/mol. The normalized spacial score (nSPS) is 12.3. The molecule has 1 aromatic rings. The van der Waals surface area contributed by atoms with Crippen LogP contribution in [0.4, 0.5) is 0 Å². The van der Waals surface area contributed by atoms with Crippen LogP contribution in [0.2, 0.25) is 0 Å². The number of carboxylic acid groups (broad SMARTS) is 1. The van der Waals surface area contributed by atoms with Crippen LogP contribution in [0.15, 0.2) is 30.3 Å². The molecule has 0 aliphatic heterocycles. The van der Waals surface area contributed by atoms with E-state index in [2.05, 4.69) is 16.2 Å². The number of carbonyl (C=O) groups excluding carboxylic acids is 1. The van der Waals surface area contributed by atoms with Crippen LogP contribution in [0.1, 0.15) is 0 Å². The average Bonchev–Trinajstić information content (AvgIpc) is 2.37. The molecule has 1 aromatic carbocycles. The highest BCUT2D eigenvalue weighted by Gasteiger charge is 2.31. The molecule has 0 fully saturated rings. The Morgan fingerprint density at radius 3 is 1.95 bits per heavy atom. The molecule has 9 heteroatoms. The van der Waals surface area contributed by atoms with E-state index >= 15 is 0 Å². The second-order valence-electron chi connectivity index (χ2n) is 3.42. The highest BCUT2D eigenvalue weighted by Crippen LogP contribution is 2.10. The van der Waals surface area contributed by atoms with E-state index in [1.807, 2.05) is 0 Å². The quantitative estimate of drug-likeness (QED) is 0.163. The van der Waals surface area contributed by atoms with Crippen molar-refractivity contribution < 1.29 is 29.6 Å².